The van der Waals surface area contributed by atoms with E-state index in [1.165, 1.54) is 21.3 Å². The Morgan fingerprint density at radius 2 is 1.91 bits per heavy atom. The van der Waals surface area contributed by atoms with Gasteiger partial charge in [-0.1, -0.05) is 0 Å². The van der Waals surface area contributed by atoms with Gasteiger partial charge in [0.1, 0.15) is 0 Å². The van der Waals surface area contributed by atoms with Crippen LogP contribution in [0.2, 0.25) is 0 Å². The van der Waals surface area contributed by atoms with Crippen molar-refractivity contribution in [1.29, 1.82) is 0 Å². The fourth-order valence-corrected chi connectivity index (χ4v) is 2.63. The number of hydrogen-bond donors (Lipinski definition) is 3. The first-order valence-electron chi connectivity index (χ1n) is 7.50. The Bertz CT molecular complexity index is 530. The van der Waals surface area contributed by atoms with E-state index in [0.29, 0.717) is 30.2 Å². The van der Waals surface area contributed by atoms with Gasteiger partial charge in [0.15, 0.2) is 11.5 Å². The Morgan fingerprint density at radius 3 is 2.39 bits per heavy atom. The average Bonchev–Trinajstić information content (AvgIpc) is 2.99. The van der Waals surface area contributed by atoms with Crippen LogP contribution in [0.3, 0.4) is 0 Å². The third-order valence-corrected chi connectivity index (χ3v) is 3.92. The zero-order valence-electron chi connectivity index (χ0n) is 13.8. The minimum atomic E-state index is -0.856. The number of amides is 1. The molecule has 1 aromatic rings. The van der Waals surface area contributed by atoms with Crippen molar-refractivity contribution in [2.75, 3.05) is 41.0 Å². The zero-order chi connectivity index (χ0) is 16.9. The molecule has 2 rings (SSSR count). The number of benzene rings is 1. The van der Waals surface area contributed by atoms with Crippen LogP contribution in [0.15, 0.2) is 12.1 Å². The van der Waals surface area contributed by atoms with Gasteiger partial charge in [0, 0.05) is 13.1 Å². The van der Waals surface area contributed by atoms with E-state index in [1.54, 1.807) is 12.1 Å². The van der Waals surface area contributed by atoms with E-state index in [4.69, 9.17) is 14.2 Å². The standard InChI is InChI=1S/C16H24N2O5/c1-21-12-6-11(7-13(22-2)15(12)23-3)8-14(19)18-10-16(20)4-5-17-9-16/h6-7,17,20H,4-5,8-10H2,1-3H3,(H,18,19). The number of β-amino-alcohol motifs (C(OH)–C–C–N with tert-alkyl or cyclic N) is 1. The van der Waals surface area contributed by atoms with Gasteiger partial charge in [-0.05, 0) is 30.7 Å². The molecule has 1 unspecified atom stereocenters. The summed E-state index contributed by atoms with van der Waals surface area (Å²) in [6.07, 6.45) is 0.803. The van der Waals surface area contributed by atoms with Crippen LogP contribution in [0.25, 0.3) is 0 Å². The number of methoxy groups -OCH3 is 3. The lowest BCUT2D eigenvalue weighted by Crippen LogP contribution is -2.44. The molecule has 7 nitrogen and oxygen atoms in total. The molecule has 1 aliphatic heterocycles. The fourth-order valence-electron chi connectivity index (χ4n) is 2.63. The van der Waals surface area contributed by atoms with E-state index in [9.17, 15) is 9.90 Å². The number of nitrogens with one attached hydrogen (secondary N) is 2. The summed E-state index contributed by atoms with van der Waals surface area (Å²) in [7, 11) is 4.59. The van der Waals surface area contributed by atoms with Crippen LogP contribution in [-0.4, -0.2) is 57.6 Å². The molecule has 3 N–H and O–H groups in total. The Balaban J connectivity index is 2.02. The first-order valence-corrected chi connectivity index (χ1v) is 7.50. The molecule has 23 heavy (non-hydrogen) atoms. The number of carbonyl (C=O) groups is 1. The zero-order valence-corrected chi connectivity index (χ0v) is 13.8. The SMILES string of the molecule is COc1cc(CC(=O)NCC2(O)CCNC2)cc(OC)c1OC. The van der Waals surface area contributed by atoms with Crippen molar-refractivity contribution in [3.63, 3.8) is 0 Å². The maximum Gasteiger partial charge on any atom is 0.224 e. The van der Waals surface area contributed by atoms with Crippen molar-refractivity contribution in [2.24, 2.45) is 0 Å². The van der Waals surface area contributed by atoms with Crippen LogP contribution in [0.5, 0.6) is 17.2 Å². The quantitative estimate of drug-likeness (QED) is 0.659. The number of ether oxygens (including phenoxy) is 3. The van der Waals surface area contributed by atoms with Gasteiger partial charge in [0.2, 0.25) is 11.7 Å². The highest BCUT2D eigenvalue weighted by Crippen LogP contribution is 2.38. The van der Waals surface area contributed by atoms with Crippen molar-refractivity contribution < 1.29 is 24.1 Å². The van der Waals surface area contributed by atoms with Crippen molar-refractivity contribution in [1.82, 2.24) is 10.6 Å². The number of hydrogen-bond acceptors (Lipinski definition) is 6. The van der Waals surface area contributed by atoms with Crippen LogP contribution in [0.4, 0.5) is 0 Å². The second kappa shape index (κ2) is 7.52. The minimum Gasteiger partial charge on any atom is -0.493 e. The van der Waals surface area contributed by atoms with Crippen LogP contribution >= 0.6 is 0 Å². The van der Waals surface area contributed by atoms with Crippen LogP contribution in [0.1, 0.15) is 12.0 Å². The summed E-state index contributed by atoms with van der Waals surface area (Å²) >= 11 is 0. The van der Waals surface area contributed by atoms with Gasteiger partial charge in [-0.3, -0.25) is 4.79 Å². The Kier molecular flexibility index (Phi) is 5.68. The van der Waals surface area contributed by atoms with Gasteiger partial charge in [0.25, 0.3) is 0 Å². The van der Waals surface area contributed by atoms with Gasteiger partial charge < -0.3 is 30.0 Å². The molecule has 1 aliphatic rings. The first kappa shape index (κ1) is 17.4. The van der Waals surface area contributed by atoms with E-state index < -0.39 is 5.60 Å². The van der Waals surface area contributed by atoms with E-state index in [2.05, 4.69) is 10.6 Å². The number of rotatable bonds is 7. The molecule has 0 radical (unpaired) electrons. The molecule has 1 saturated heterocycles. The van der Waals surface area contributed by atoms with Crippen molar-refractivity contribution in [2.45, 2.75) is 18.4 Å². The van der Waals surface area contributed by atoms with Gasteiger partial charge in [0.05, 0.1) is 33.4 Å². The smallest absolute Gasteiger partial charge is 0.224 e. The normalized spacial score (nSPS) is 20.2. The lowest BCUT2D eigenvalue weighted by atomic mass is 10.0. The molecule has 7 heteroatoms. The summed E-state index contributed by atoms with van der Waals surface area (Å²) in [5.41, 5.74) is -0.112. The van der Waals surface area contributed by atoms with E-state index >= 15 is 0 Å². The molecular formula is C16H24N2O5. The average molecular weight is 324 g/mol. The summed E-state index contributed by atoms with van der Waals surface area (Å²) < 4.78 is 15.8. The van der Waals surface area contributed by atoms with Crippen molar-refractivity contribution in [3.05, 3.63) is 17.7 Å². The monoisotopic (exact) mass is 324 g/mol. The summed E-state index contributed by atoms with van der Waals surface area (Å²) in [4.78, 5) is 12.1. The predicted molar refractivity (Wildman–Crippen MR) is 85.2 cm³/mol. The number of carbonyl (C=O) groups excluding carboxylic acids is 1. The minimum absolute atomic E-state index is 0.167. The molecule has 128 valence electrons. The lowest BCUT2D eigenvalue weighted by Gasteiger charge is -2.21. The summed E-state index contributed by atoms with van der Waals surface area (Å²) in [6, 6.07) is 3.49. The molecule has 0 spiro atoms. The molecule has 0 aliphatic carbocycles. The highest BCUT2D eigenvalue weighted by atomic mass is 16.5. The molecule has 0 saturated carbocycles. The van der Waals surface area contributed by atoms with E-state index in [0.717, 1.165) is 12.1 Å². The summed E-state index contributed by atoms with van der Waals surface area (Å²) in [5.74, 6) is 1.34. The second-order valence-electron chi connectivity index (χ2n) is 5.64. The van der Waals surface area contributed by atoms with Crippen molar-refractivity contribution >= 4 is 5.91 Å². The van der Waals surface area contributed by atoms with E-state index in [1.807, 2.05) is 0 Å². The van der Waals surface area contributed by atoms with Gasteiger partial charge in [-0.25, -0.2) is 0 Å². The third-order valence-electron chi connectivity index (χ3n) is 3.92. The summed E-state index contributed by atoms with van der Waals surface area (Å²) in [6.45, 7) is 1.50. The lowest BCUT2D eigenvalue weighted by molar-refractivity contribution is -0.121. The Labute approximate surface area is 135 Å². The molecule has 1 amide bonds. The molecule has 1 atom stereocenters. The first-order chi connectivity index (χ1) is 11.0. The topological polar surface area (TPSA) is 89.1 Å². The van der Waals surface area contributed by atoms with Gasteiger partial charge in [-0.15, -0.1) is 0 Å². The second-order valence-corrected chi connectivity index (χ2v) is 5.64. The largest absolute Gasteiger partial charge is 0.493 e. The Morgan fingerprint density at radius 1 is 1.26 bits per heavy atom. The molecule has 1 fully saturated rings. The highest BCUT2D eigenvalue weighted by Gasteiger charge is 2.31. The molecule has 1 aromatic carbocycles. The highest BCUT2D eigenvalue weighted by molar-refractivity contribution is 5.79. The van der Waals surface area contributed by atoms with Gasteiger partial charge in [-0.2, -0.15) is 0 Å². The van der Waals surface area contributed by atoms with Crippen molar-refractivity contribution in [3.8, 4) is 17.2 Å². The predicted octanol–water partition coefficient (Wildman–Crippen LogP) is 0.0955. The fraction of sp³-hybridized carbons (Fsp3) is 0.562. The Hall–Kier alpha value is -1.99. The summed E-state index contributed by atoms with van der Waals surface area (Å²) in [5, 5.41) is 16.1. The molecule has 0 aromatic heterocycles. The molecule has 1 heterocycles. The molecule has 0 bridgehead atoms. The van der Waals surface area contributed by atoms with E-state index in [-0.39, 0.29) is 18.9 Å². The maximum atomic E-state index is 12.1. The molecular weight excluding hydrogens is 300 g/mol. The van der Waals surface area contributed by atoms with Gasteiger partial charge >= 0.3 is 0 Å². The van der Waals surface area contributed by atoms with Crippen LogP contribution in [-0.2, 0) is 11.2 Å². The number of aliphatic hydroxyl groups is 1. The maximum absolute atomic E-state index is 12.1. The third kappa shape index (κ3) is 4.27. The van der Waals surface area contributed by atoms with Crippen LogP contribution < -0.4 is 24.8 Å². The van der Waals surface area contributed by atoms with Crippen LogP contribution in [0, 0.1) is 0 Å².